The highest BCUT2D eigenvalue weighted by Crippen LogP contribution is 2.20. The molecule has 0 spiro atoms. The van der Waals surface area contributed by atoms with Crippen LogP contribution in [0.25, 0.3) is 0 Å². The van der Waals surface area contributed by atoms with Gasteiger partial charge in [0.05, 0.1) is 19.3 Å². The van der Waals surface area contributed by atoms with Crippen molar-refractivity contribution in [2.75, 3.05) is 19.8 Å². The second kappa shape index (κ2) is 11.1. The van der Waals surface area contributed by atoms with Crippen LogP contribution in [0.1, 0.15) is 21.5 Å². The number of ether oxygens (including phenoxy) is 2. The van der Waals surface area contributed by atoms with Crippen molar-refractivity contribution in [3.05, 3.63) is 58.2 Å². The minimum atomic E-state index is -0.711. The summed E-state index contributed by atoms with van der Waals surface area (Å²) in [6.07, 6.45) is -0.0585. The Hall–Kier alpha value is -1.61. The first-order valence-corrected chi connectivity index (χ1v) is 9.64. The fraction of sp³-hybridized carbons (Fsp3) is 0.400. The topological polar surface area (TPSA) is 92.7 Å². The van der Waals surface area contributed by atoms with Crippen molar-refractivity contribution in [2.24, 2.45) is 0 Å². The Morgan fingerprint density at radius 2 is 2.03 bits per heavy atom. The standard InChI is InChI=1S/C20H22ClN3O4.2ClH/c21-18-6-14(7-19(24-18)28-15-10-27-11-15)20(26)23-9-17(25)16-5-12-3-1-2-4-13(12)8-22-16;;/h1-4,6-7,15-17,22,25H,5,8-11H2,(H,23,26);2*1H/t16-,17?;;/m0../s1. The molecule has 1 saturated heterocycles. The molecule has 164 valence electrons. The summed E-state index contributed by atoms with van der Waals surface area (Å²) >= 11 is 6.01. The molecule has 0 radical (unpaired) electrons. The number of aromatic nitrogens is 1. The van der Waals surface area contributed by atoms with E-state index in [0.29, 0.717) is 25.3 Å². The van der Waals surface area contributed by atoms with Crippen LogP contribution in [0.15, 0.2) is 36.4 Å². The number of aliphatic hydroxyl groups excluding tert-OH is 1. The first-order chi connectivity index (χ1) is 13.6. The van der Waals surface area contributed by atoms with Gasteiger partial charge in [-0.15, -0.1) is 24.8 Å². The number of carbonyl (C=O) groups excluding carboxylic acids is 1. The highest BCUT2D eigenvalue weighted by Gasteiger charge is 2.25. The van der Waals surface area contributed by atoms with Gasteiger partial charge in [-0.3, -0.25) is 4.79 Å². The lowest BCUT2D eigenvalue weighted by atomic mass is 9.93. The van der Waals surface area contributed by atoms with Gasteiger partial charge in [0.25, 0.3) is 5.91 Å². The predicted octanol–water partition coefficient (Wildman–Crippen LogP) is 2.16. The molecule has 2 aliphatic heterocycles. The van der Waals surface area contributed by atoms with Crippen LogP contribution >= 0.6 is 36.4 Å². The molecule has 2 aliphatic rings. The fourth-order valence-electron chi connectivity index (χ4n) is 3.31. The Bertz CT molecular complexity index is 867. The van der Waals surface area contributed by atoms with E-state index < -0.39 is 6.10 Å². The van der Waals surface area contributed by atoms with Crippen LogP contribution in [0.5, 0.6) is 5.88 Å². The van der Waals surface area contributed by atoms with E-state index in [1.165, 1.54) is 17.2 Å². The molecule has 0 bridgehead atoms. The van der Waals surface area contributed by atoms with Gasteiger partial charge in [-0.25, -0.2) is 4.98 Å². The van der Waals surface area contributed by atoms with Gasteiger partial charge < -0.3 is 25.2 Å². The average molecular weight is 477 g/mol. The second-order valence-electron chi connectivity index (χ2n) is 7.03. The monoisotopic (exact) mass is 475 g/mol. The zero-order chi connectivity index (χ0) is 19.5. The van der Waals surface area contributed by atoms with Crippen molar-refractivity contribution >= 4 is 42.3 Å². The minimum Gasteiger partial charge on any atom is -0.469 e. The smallest absolute Gasteiger partial charge is 0.251 e. The third kappa shape index (κ3) is 5.97. The lowest BCUT2D eigenvalue weighted by molar-refractivity contribution is -0.0813. The maximum absolute atomic E-state index is 12.5. The summed E-state index contributed by atoms with van der Waals surface area (Å²) < 4.78 is 10.7. The number of halogens is 3. The zero-order valence-corrected chi connectivity index (χ0v) is 18.4. The zero-order valence-electron chi connectivity index (χ0n) is 16.0. The fourth-order valence-corrected chi connectivity index (χ4v) is 3.51. The summed E-state index contributed by atoms with van der Waals surface area (Å²) in [5.41, 5.74) is 2.80. The van der Waals surface area contributed by atoms with Crippen LogP contribution in [0.3, 0.4) is 0 Å². The molecule has 0 saturated carbocycles. The highest BCUT2D eigenvalue weighted by atomic mass is 35.5. The van der Waals surface area contributed by atoms with Gasteiger partial charge in [-0.05, 0) is 23.6 Å². The highest BCUT2D eigenvalue weighted by molar-refractivity contribution is 6.29. The van der Waals surface area contributed by atoms with Crippen molar-refractivity contribution in [1.82, 2.24) is 15.6 Å². The van der Waals surface area contributed by atoms with Crippen molar-refractivity contribution in [2.45, 2.75) is 31.2 Å². The molecule has 1 amide bonds. The first-order valence-electron chi connectivity index (χ1n) is 9.27. The van der Waals surface area contributed by atoms with Crippen LogP contribution in [-0.2, 0) is 17.7 Å². The predicted molar refractivity (Wildman–Crippen MR) is 118 cm³/mol. The maximum atomic E-state index is 12.5. The summed E-state index contributed by atoms with van der Waals surface area (Å²) in [5, 5.41) is 16.8. The van der Waals surface area contributed by atoms with E-state index >= 15 is 0 Å². The molecule has 0 aliphatic carbocycles. The number of pyridine rings is 1. The van der Waals surface area contributed by atoms with E-state index in [1.807, 2.05) is 12.1 Å². The average Bonchev–Trinajstić information content (AvgIpc) is 2.68. The number of hydrogen-bond donors (Lipinski definition) is 3. The number of rotatable bonds is 6. The molecular weight excluding hydrogens is 453 g/mol. The van der Waals surface area contributed by atoms with Crippen LogP contribution in [-0.4, -0.2) is 54.0 Å². The van der Waals surface area contributed by atoms with E-state index in [-0.39, 0.29) is 60.4 Å². The molecule has 4 rings (SSSR count). The first kappa shape index (κ1) is 24.7. The number of carbonyl (C=O) groups is 1. The second-order valence-corrected chi connectivity index (χ2v) is 7.42. The maximum Gasteiger partial charge on any atom is 0.251 e. The number of nitrogens with one attached hydrogen (secondary N) is 2. The van der Waals surface area contributed by atoms with Crippen LogP contribution in [0.4, 0.5) is 0 Å². The Kier molecular flexibility index (Phi) is 9.15. The minimum absolute atomic E-state index is 0. The van der Waals surface area contributed by atoms with Crippen molar-refractivity contribution < 1.29 is 19.4 Å². The van der Waals surface area contributed by atoms with Crippen LogP contribution in [0, 0.1) is 0 Å². The molecule has 2 atom stereocenters. The van der Waals surface area contributed by atoms with E-state index in [9.17, 15) is 9.90 Å². The van der Waals surface area contributed by atoms with E-state index in [4.69, 9.17) is 21.1 Å². The van der Waals surface area contributed by atoms with Crippen LogP contribution in [0.2, 0.25) is 5.15 Å². The Balaban J connectivity index is 0.00000160. The van der Waals surface area contributed by atoms with Gasteiger partial charge in [0.15, 0.2) is 0 Å². The van der Waals surface area contributed by atoms with Gasteiger partial charge in [-0.2, -0.15) is 0 Å². The molecule has 3 heterocycles. The van der Waals surface area contributed by atoms with E-state index in [2.05, 4.69) is 27.8 Å². The third-order valence-electron chi connectivity index (χ3n) is 4.98. The van der Waals surface area contributed by atoms with Gasteiger partial charge >= 0.3 is 0 Å². The SMILES string of the molecule is Cl.Cl.O=C(NCC(O)[C@@H]1Cc2ccccc2CN1)c1cc(Cl)nc(OC2COC2)c1. The number of nitrogens with zero attached hydrogens (tertiary/aromatic N) is 1. The molecule has 1 aromatic carbocycles. The number of amides is 1. The third-order valence-corrected chi connectivity index (χ3v) is 5.17. The van der Waals surface area contributed by atoms with Gasteiger partial charge in [-0.1, -0.05) is 35.9 Å². The molecule has 7 nitrogen and oxygen atoms in total. The number of hydrogen-bond acceptors (Lipinski definition) is 6. The lowest BCUT2D eigenvalue weighted by Crippen LogP contribution is -2.49. The number of aliphatic hydroxyl groups is 1. The summed E-state index contributed by atoms with van der Waals surface area (Å²) in [6, 6.07) is 11.1. The van der Waals surface area contributed by atoms with Crippen LogP contribution < -0.4 is 15.4 Å². The number of fused-ring (bicyclic) bond motifs is 1. The van der Waals surface area contributed by atoms with Gasteiger partial charge in [0.1, 0.15) is 11.3 Å². The normalized spacial score (nSPS) is 18.7. The van der Waals surface area contributed by atoms with E-state index in [1.54, 1.807) is 6.07 Å². The molecular formula is C20H24Cl3N3O4. The number of benzene rings is 1. The molecule has 3 N–H and O–H groups in total. The van der Waals surface area contributed by atoms with Crippen molar-refractivity contribution in [3.63, 3.8) is 0 Å². The van der Waals surface area contributed by atoms with Crippen molar-refractivity contribution in [1.29, 1.82) is 0 Å². The largest absolute Gasteiger partial charge is 0.469 e. The molecule has 1 aromatic heterocycles. The summed E-state index contributed by atoms with van der Waals surface area (Å²) in [6.45, 7) is 1.83. The Labute approximate surface area is 192 Å². The summed E-state index contributed by atoms with van der Waals surface area (Å²) in [7, 11) is 0. The molecule has 2 aromatic rings. The summed E-state index contributed by atoms with van der Waals surface area (Å²) in [5.74, 6) is -0.0497. The Morgan fingerprint density at radius 3 is 2.73 bits per heavy atom. The summed E-state index contributed by atoms with van der Waals surface area (Å²) in [4.78, 5) is 16.6. The lowest BCUT2D eigenvalue weighted by Gasteiger charge is -2.30. The quantitative estimate of drug-likeness (QED) is 0.553. The molecule has 30 heavy (non-hydrogen) atoms. The Morgan fingerprint density at radius 1 is 1.30 bits per heavy atom. The molecule has 1 fully saturated rings. The van der Waals surface area contributed by atoms with Gasteiger partial charge in [0, 0.05) is 30.8 Å². The van der Waals surface area contributed by atoms with Gasteiger partial charge in [0.2, 0.25) is 5.88 Å². The molecule has 1 unspecified atom stereocenters. The molecule has 10 heteroatoms. The van der Waals surface area contributed by atoms with Crippen molar-refractivity contribution in [3.8, 4) is 5.88 Å². The van der Waals surface area contributed by atoms with E-state index in [0.717, 1.165) is 6.42 Å².